The molecule has 0 amide bonds. The largest absolute Gasteiger partial charge is 0.441 e. The molecule has 96 valence electrons. The molecule has 0 aromatic heterocycles. The number of halogens is 4. The zero-order chi connectivity index (χ0) is 12.7. The molecule has 0 radical (unpaired) electrons. The zero-order valence-corrected chi connectivity index (χ0v) is 10.8. The number of thioether (sulfide) groups is 1. The number of benzene rings is 1. The maximum atomic E-state index is 11.8. The molecule has 0 saturated heterocycles. The van der Waals surface area contributed by atoms with Crippen LogP contribution in [0.1, 0.15) is 30.2 Å². The number of hydrogen-bond acceptors (Lipinski definition) is 1. The molecule has 1 aromatic carbocycles. The average molecular weight is 283 g/mol. The van der Waals surface area contributed by atoms with Gasteiger partial charge in [0.05, 0.1) is 5.38 Å². The Morgan fingerprint density at radius 3 is 2.35 bits per heavy atom. The van der Waals surface area contributed by atoms with E-state index < -0.39 is 5.51 Å². The van der Waals surface area contributed by atoms with Crippen molar-refractivity contribution >= 4 is 23.4 Å². The highest BCUT2D eigenvalue weighted by Crippen LogP contribution is 2.32. The van der Waals surface area contributed by atoms with Crippen molar-refractivity contribution in [2.75, 3.05) is 5.75 Å². The molecule has 0 nitrogen and oxygen atoms in total. The SMILES string of the molecule is FC(F)(F)SCCCCC(Cl)c1ccccc1. The van der Waals surface area contributed by atoms with E-state index >= 15 is 0 Å². The maximum Gasteiger partial charge on any atom is 0.441 e. The van der Waals surface area contributed by atoms with E-state index in [2.05, 4.69) is 0 Å². The molecule has 0 fully saturated rings. The molecule has 0 saturated carbocycles. The van der Waals surface area contributed by atoms with Crippen LogP contribution in [0.3, 0.4) is 0 Å². The number of rotatable bonds is 6. The van der Waals surface area contributed by atoms with Crippen molar-refractivity contribution < 1.29 is 13.2 Å². The highest BCUT2D eigenvalue weighted by Gasteiger charge is 2.27. The van der Waals surface area contributed by atoms with Crippen LogP contribution in [-0.4, -0.2) is 11.3 Å². The Morgan fingerprint density at radius 2 is 1.76 bits per heavy atom. The van der Waals surface area contributed by atoms with Crippen LogP contribution >= 0.6 is 23.4 Å². The highest BCUT2D eigenvalue weighted by molar-refractivity contribution is 8.00. The van der Waals surface area contributed by atoms with Gasteiger partial charge in [0.2, 0.25) is 0 Å². The van der Waals surface area contributed by atoms with Gasteiger partial charge in [-0.3, -0.25) is 0 Å². The Kier molecular flexibility index (Phi) is 6.20. The third-order valence-corrected chi connectivity index (χ3v) is 3.57. The zero-order valence-electron chi connectivity index (χ0n) is 9.21. The minimum Gasteiger partial charge on any atom is -0.160 e. The lowest BCUT2D eigenvalue weighted by atomic mass is 10.1. The lowest BCUT2D eigenvalue weighted by molar-refractivity contribution is -0.0328. The van der Waals surface area contributed by atoms with Gasteiger partial charge < -0.3 is 0 Å². The van der Waals surface area contributed by atoms with E-state index in [-0.39, 0.29) is 22.9 Å². The van der Waals surface area contributed by atoms with Crippen LogP contribution in [0.5, 0.6) is 0 Å². The second-order valence-electron chi connectivity index (χ2n) is 3.67. The first-order valence-electron chi connectivity index (χ1n) is 5.39. The van der Waals surface area contributed by atoms with Crippen LogP contribution < -0.4 is 0 Å². The van der Waals surface area contributed by atoms with Crippen LogP contribution in [0, 0.1) is 0 Å². The van der Waals surface area contributed by atoms with Crippen LogP contribution in [0.15, 0.2) is 30.3 Å². The summed E-state index contributed by atoms with van der Waals surface area (Å²) in [5.41, 5.74) is -3.09. The Morgan fingerprint density at radius 1 is 1.12 bits per heavy atom. The normalized spacial score (nSPS) is 13.6. The minimum absolute atomic E-state index is 0.0380. The Hall–Kier alpha value is -0.350. The summed E-state index contributed by atoms with van der Waals surface area (Å²) in [6, 6.07) is 9.59. The first-order valence-corrected chi connectivity index (χ1v) is 6.81. The molecule has 0 N–H and O–H groups in total. The molecule has 0 aliphatic carbocycles. The van der Waals surface area contributed by atoms with Crippen molar-refractivity contribution in [3.8, 4) is 0 Å². The Balaban J connectivity index is 2.15. The topological polar surface area (TPSA) is 0 Å². The summed E-state index contributed by atoms with van der Waals surface area (Å²) in [5.74, 6) is 0.113. The molecular formula is C12H14ClF3S. The van der Waals surface area contributed by atoms with Gasteiger partial charge in [-0.15, -0.1) is 11.6 Å². The fourth-order valence-corrected chi connectivity index (χ4v) is 2.32. The average Bonchev–Trinajstić information content (AvgIpc) is 2.28. The molecule has 1 atom stereocenters. The molecule has 0 heterocycles. The second-order valence-corrected chi connectivity index (χ2v) is 5.35. The predicted molar refractivity (Wildman–Crippen MR) is 67.4 cm³/mol. The molecule has 0 bridgehead atoms. The number of hydrogen-bond donors (Lipinski definition) is 0. The van der Waals surface area contributed by atoms with Crippen molar-refractivity contribution in [1.29, 1.82) is 0 Å². The molecule has 1 unspecified atom stereocenters. The lowest BCUT2D eigenvalue weighted by Crippen LogP contribution is -2.01. The van der Waals surface area contributed by atoms with Gasteiger partial charge in [-0.2, -0.15) is 13.2 Å². The summed E-state index contributed by atoms with van der Waals surface area (Å²) in [6.45, 7) is 0. The van der Waals surface area contributed by atoms with Gasteiger partial charge in [-0.25, -0.2) is 0 Å². The van der Waals surface area contributed by atoms with Crippen LogP contribution in [0.25, 0.3) is 0 Å². The van der Waals surface area contributed by atoms with E-state index in [0.29, 0.717) is 19.3 Å². The van der Waals surface area contributed by atoms with Crippen LogP contribution in [-0.2, 0) is 0 Å². The first kappa shape index (κ1) is 14.7. The van der Waals surface area contributed by atoms with Crippen molar-refractivity contribution in [2.24, 2.45) is 0 Å². The van der Waals surface area contributed by atoms with Gasteiger partial charge in [0.15, 0.2) is 0 Å². The molecule has 17 heavy (non-hydrogen) atoms. The number of unbranched alkanes of at least 4 members (excludes halogenated alkanes) is 1. The summed E-state index contributed by atoms with van der Waals surface area (Å²) in [6.07, 6.45) is 1.97. The summed E-state index contributed by atoms with van der Waals surface area (Å²) in [7, 11) is 0. The van der Waals surface area contributed by atoms with E-state index in [0.717, 1.165) is 5.56 Å². The quantitative estimate of drug-likeness (QED) is 0.498. The minimum atomic E-state index is -4.11. The van der Waals surface area contributed by atoms with E-state index in [1.54, 1.807) is 0 Å². The summed E-state index contributed by atoms with van der Waals surface area (Å²) < 4.78 is 35.5. The van der Waals surface area contributed by atoms with E-state index in [4.69, 9.17) is 11.6 Å². The molecule has 5 heteroatoms. The monoisotopic (exact) mass is 282 g/mol. The fourth-order valence-electron chi connectivity index (χ4n) is 1.44. The standard InChI is InChI=1S/C12H14ClF3S/c13-11(10-6-2-1-3-7-10)8-4-5-9-17-12(14,15)16/h1-3,6-7,11H,4-5,8-9H2. The van der Waals surface area contributed by atoms with Crippen molar-refractivity contribution in [3.63, 3.8) is 0 Å². The molecular weight excluding hydrogens is 269 g/mol. The van der Waals surface area contributed by atoms with Crippen molar-refractivity contribution in [1.82, 2.24) is 0 Å². The number of alkyl halides is 4. The lowest BCUT2D eigenvalue weighted by Gasteiger charge is -2.09. The van der Waals surface area contributed by atoms with Gasteiger partial charge in [0.25, 0.3) is 0 Å². The van der Waals surface area contributed by atoms with Gasteiger partial charge >= 0.3 is 5.51 Å². The van der Waals surface area contributed by atoms with Crippen LogP contribution in [0.2, 0.25) is 0 Å². The third kappa shape index (κ3) is 6.84. The molecule has 1 rings (SSSR count). The predicted octanol–water partition coefficient (Wildman–Crippen LogP) is 5.39. The molecule has 0 aliphatic heterocycles. The third-order valence-electron chi connectivity index (χ3n) is 2.28. The van der Waals surface area contributed by atoms with E-state index in [1.807, 2.05) is 30.3 Å². The molecule has 0 aliphatic rings. The van der Waals surface area contributed by atoms with E-state index in [1.165, 1.54) is 0 Å². The van der Waals surface area contributed by atoms with Gasteiger partial charge in [-0.05, 0) is 18.4 Å². The maximum absolute atomic E-state index is 11.8. The highest BCUT2D eigenvalue weighted by atomic mass is 35.5. The molecule has 0 spiro atoms. The van der Waals surface area contributed by atoms with E-state index in [9.17, 15) is 13.2 Å². The first-order chi connectivity index (χ1) is 7.99. The summed E-state index contributed by atoms with van der Waals surface area (Å²) in [5, 5.41) is -0.105. The van der Waals surface area contributed by atoms with Gasteiger partial charge in [0, 0.05) is 5.75 Å². The Bertz CT molecular complexity index is 313. The van der Waals surface area contributed by atoms with Gasteiger partial charge in [-0.1, -0.05) is 48.5 Å². The second kappa shape index (κ2) is 7.17. The van der Waals surface area contributed by atoms with Crippen LogP contribution in [0.4, 0.5) is 13.2 Å². The smallest absolute Gasteiger partial charge is 0.160 e. The van der Waals surface area contributed by atoms with Crippen molar-refractivity contribution in [2.45, 2.75) is 30.1 Å². The summed E-state index contributed by atoms with van der Waals surface area (Å²) >= 11 is 6.18. The van der Waals surface area contributed by atoms with Crippen molar-refractivity contribution in [3.05, 3.63) is 35.9 Å². The van der Waals surface area contributed by atoms with Gasteiger partial charge in [0.1, 0.15) is 0 Å². The summed E-state index contributed by atoms with van der Waals surface area (Å²) in [4.78, 5) is 0. The fraction of sp³-hybridized carbons (Fsp3) is 0.500. The molecule has 1 aromatic rings. The Labute approximate surface area is 109 Å².